The number of aromatic nitrogens is 3. The van der Waals surface area contributed by atoms with Gasteiger partial charge in [-0.3, -0.25) is 4.68 Å². The van der Waals surface area contributed by atoms with Crippen LogP contribution in [0.25, 0.3) is 0 Å². The van der Waals surface area contributed by atoms with Crippen molar-refractivity contribution in [3.63, 3.8) is 0 Å². The molecule has 0 aliphatic rings. The number of H-pyrrole nitrogens is 1. The summed E-state index contributed by atoms with van der Waals surface area (Å²) in [4.78, 5) is 0. The highest BCUT2D eigenvalue weighted by Crippen LogP contribution is 1.97. The summed E-state index contributed by atoms with van der Waals surface area (Å²) in [6, 6.07) is 0. The fourth-order valence-corrected chi connectivity index (χ4v) is 1.14. The molecule has 0 amide bonds. The van der Waals surface area contributed by atoms with E-state index in [1.54, 1.807) is 6.20 Å². The van der Waals surface area contributed by atoms with E-state index in [0.717, 1.165) is 11.2 Å². The van der Waals surface area contributed by atoms with Crippen molar-refractivity contribution in [2.24, 2.45) is 0 Å². The van der Waals surface area contributed by atoms with E-state index < -0.39 is 0 Å². The highest BCUT2D eigenvalue weighted by atomic mass is 32.1. The van der Waals surface area contributed by atoms with Gasteiger partial charge in [-0.2, -0.15) is 5.10 Å². The number of nitrogens with zero attached hydrogens (tertiary/aromatic N) is 2. The van der Waals surface area contributed by atoms with Crippen LogP contribution in [-0.4, -0.2) is 15.0 Å². The monoisotopic (exact) mass is 171 g/mol. The van der Waals surface area contributed by atoms with E-state index in [-0.39, 0.29) is 0 Å². The van der Waals surface area contributed by atoms with Crippen LogP contribution < -0.4 is 0 Å². The van der Waals surface area contributed by atoms with Crippen molar-refractivity contribution >= 4 is 12.2 Å². The van der Waals surface area contributed by atoms with Crippen molar-refractivity contribution in [2.45, 2.75) is 32.7 Å². The van der Waals surface area contributed by atoms with Crippen molar-refractivity contribution in [3.05, 3.63) is 10.8 Å². The first-order valence-electron chi connectivity index (χ1n) is 3.95. The van der Waals surface area contributed by atoms with Gasteiger partial charge in [0, 0.05) is 6.54 Å². The Bertz CT molecular complexity index is 250. The second-order valence-electron chi connectivity index (χ2n) is 2.56. The first kappa shape index (κ1) is 8.46. The molecule has 3 nitrogen and oxygen atoms in total. The van der Waals surface area contributed by atoms with Crippen molar-refractivity contribution in [2.75, 3.05) is 0 Å². The maximum Gasteiger partial charge on any atom is 0.142 e. The minimum absolute atomic E-state index is 0.793. The van der Waals surface area contributed by atoms with Gasteiger partial charge in [-0.1, -0.05) is 32.0 Å². The summed E-state index contributed by atoms with van der Waals surface area (Å²) in [6.07, 6.45) is 5.33. The van der Waals surface area contributed by atoms with E-state index in [2.05, 4.69) is 17.2 Å². The van der Waals surface area contributed by atoms with Crippen LogP contribution >= 0.6 is 12.2 Å². The van der Waals surface area contributed by atoms with Gasteiger partial charge >= 0.3 is 0 Å². The zero-order chi connectivity index (χ0) is 8.10. The summed E-state index contributed by atoms with van der Waals surface area (Å²) in [6.45, 7) is 3.15. The van der Waals surface area contributed by atoms with Crippen LogP contribution in [0.4, 0.5) is 0 Å². The lowest BCUT2D eigenvalue weighted by Crippen LogP contribution is -1.99. The van der Waals surface area contributed by atoms with Gasteiger partial charge in [-0.05, 0) is 6.42 Å². The Labute approximate surface area is 71.4 Å². The lowest BCUT2D eigenvalue weighted by atomic mass is 10.2. The van der Waals surface area contributed by atoms with Crippen LogP contribution in [0.15, 0.2) is 6.20 Å². The quantitative estimate of drug-likeness (QED) is 0.556. The molecule has 0 fully saturated rings. The number of aryl methyl sites for hydroxylation is 1. The molecule has 11 heavy (non-hydrogen) atoms. The number of unbranched alkanes of at least 4 members (excludes halogenated alkanes) is 2. The van der Waals surface area contributed by atoms with Crippen LogP contribution in [0.3, 0.4) is 0 Å². The molecule has 1 aromatic heterocycles. The highest BCUT2D eigenvalue weighted by Gasteiger charge is 1.91. The second kappa shape index (κ2) is 4.28. The Morgan fingerprint density at radius 2 is 2.45 bits per heavy atom. The first-order valence-corrected chi connectivity index (χ1v) is 4.35. The third-order valence-electron chi connectivity index (χ3n) is 1.60. The third-order valence-corrected chi connectivity index (χ3v) is 1.93. The molecule has 0 atom stereocenters. The Hall–Kier alpha value is -0.640. The van der Waals surface area contributed by atoms with E-state index >= 15 is 0 Å². The largest absolute Gasteiger partial charge is 0.260 e. The Morgan fingerprint density at radius 3 is 3.00 bits per heavy atom. The van der Waals surface area contributed by atoms with Gasteiger partial charge in [-0.15, -0.1) is 0 Å². The number of hydrogen-bond acceptors (Lipinski definition) is 2. The maximum atomic E-state index is 5.00. The smallest absolute Gasteiger partial charge is 0.142 e. The molecule has 0 radical (unpaired) electrons. The minimum Gasteiger partial charge on any atom is -0.260 e. The summed E-state index contributed by atoms with van der Waals surface area (Å²) < 4.78 is 2.69. The molecule has 0 spiro atoms. The zero-order valence-corrected chi connectivity index (χ0v) is 7.52. The van der Waals surface area contributed by atoms with Crippen LogP contribution in [0.2, 0.25) is 0 Å². The first-order chi connectivity index (χ1) is 5.34. The molecule has 0 aliphatic heterocycles. The Kier molecular flexibility index (Phi) is 3.29. The average molecular weight is 171 g/mol. The standard InChI is InChI=1S/C7H13N3S/c1-2-3-4-5-10-7(11)6-8-9-10/h6,9H,2-5H2,1H3. The van der Waals surface area contributed by atoms with Gasteiger partial charge < -0.3 is 0 Å². The van der Waals surface area contributed by atoms with E-state index in [0.29, 0.717) is 0 Å². The number of nitrogens with one attached hydrogen (secondary N) is 1. The summed E-state index contributed by atoms with van der Waals surface area (Å²) in [7, 11) is 0. The highest BCUT2D eigenvalue weighted by molar-refractivity contribution is 7.71. The van der Waals surface area contributed by atoms with Gasteiger partial charge in [-0.25, -0.2) is 5.21 Å². The molecule has 0 bridgehead atoms. The zero-order valence-electron chi connectivity index (χ0n) is 6.71. The minimum atomic E-state index is 0.793. The fourth-order valence-electron chi connectivity index (χ4n) is 0.953. The molecule has 0 aromatic carbocycles. The summed E-state index contributed by atoms with van der Waals surface area (Å²) in [5, 5.41) is 6.66. The molecule has 0 saturated heterocycles. The van der Waals surface area contributed by atoms with Gasteiger partial charge in [0.1, 0.15) is 4.64 Å². The van der Waals surface area contributed by atoms with Gasteiger partial charge in [0.25, 0.3) is 0 Å². The summed E-state index contributed by atoms with van der Waals surface area (Å²) >= 11 is 5.00. The average Bonchev–Trinajstić information content (AvgIpc) is 2.37. The Morgan fingerprint density at radius 1 is 1.64 bits per heavy atom. The number of hydrogen-bond donors (Lipinski definition) is 1. The predicted octanol–water partition coefficient (Wildman–Crippen LogP) is 2.13. The van der Waals surface area contributed by atoms with Crippen molar-refractivity contribution in [3.8, 4) is 0 Å². The molecule has 1 N–H and O–H groups in total. The molecule has 62 valence electrons. The fraction of sp³-hybridized carbons (Fsp3) is 0.714. The molecule has 1 heterocycles. The van der Waals surface area contributed by atoms with E-state index in [9.17, 15) is 0 Å². The third kappa shape index (κ3) is 2.46. The molecule has 1 aromatic rings. The van der Waals surface area contributed by atoms with Crippen LogP contribution in [0.1, 0.15) is 26.2 Å². The maximum absolute atomic E-state index is 5.00. The molecule has 1 rings (SSSR count). The summed E-state index contributed by atoms with van der Waals surface area (Å²) in [5.74, 6) is 0. The predicted molar refractivity (Wildman–Crippen MR) is 46.9 cm³/mol. The number of rotatable bonds is 4. The van der Waals surface area contributed by atoms with E-state index in [4.69, 9.17) is 12.2 Å². The SMILES string of the molecule is CCCCCn1[nH]ncc1=S. The molecule has 4 heteroatoms. The van der Waals surface area contributed by atoms with Gasteiger partial charge in [0.2, 0.25) is 0 Å². The molecule has 0 aliphatic carbocycles. The molecular formula is C7H13N3S. The van der Waals surface area contributed by atoms with Crippen LogP contribution in [0, 0.1) is 4.64 Å². The van der Waals surface area contributed by atoms with E-state index in [1.807, 2.05) is 4.68 Å². The van der Waals surface area contributed by atoms with Crippen LogP contribution in [-0.2, 0) is 6.54 Å². The van der Waals surface area contributed by atoms with Gasteiger partial charge in [0.05, 0.1) is 6.20 Å². The normalized spacial score (nSPS) is 10.3. The lowest BCUT2D eigenvalue weighted by molar-refractivity contribution is 0.533. The summed E-state index contributed by atoms with van der Waals surface area (Å²) in [5.41, 5.74) is 0. The Balaban J connectivity index is 2.39. The molecule has 0 saturated carbocycles. The lowest BCUT2D eigenvalue weighted by Gasteiger charge is -1.98. The van der Waals surface area contributed by atoms with Crippen molar-refractivity contribution in [1.82, 2.24) is 15.0 Å². The van der Waals surface area contributed by atoms with Crippen molar-refractivity contribution < 1.29 is 0 Å². The molecular weight excluding hydrogens is 158 g/mol. The second-order valence-corrected chi connectivity index (χ2v) is 2.97. The van der Waals surface area contributed by atoms with Gasteiger partial charge in [0.15, 0.2) is 0 Å². The van der Waals surface area contributed by atoms with Crippen molar-refractivity contribution in [1.29, 1.82) is 0 Å². The molecule has 0 unspecified atom stereocenters. The topological polar surface area (TPSA) is 33.6 Å². The number of aromatic amines is 1. The van der Waals surface area contributed by atoms with Crippen LogP contribution in [0.5, 0.6) is 0 Å². The van der Waals surface area contributed by atoms with E-state index in [1.165, 1.54) is 19.3 Å².